The first-order valence-electron chi connectivity index (χ1n) is 5.07. The van der Waals surface area contributed by atoms with Crippen LogP contribution in [0.25, 0.3) is 0 Å². The summed E-state index contributed by atoms with van der Waals surface area (Å²) in [6, 6.07) is 0. The van der Waals surface area contributed by atoms with E-state index in [1.807, 2.05) is 0 Å². The molecular formula is C9H20LiN. The third-order valence-electron chi connectivity index (χ3n) is 1.91. The second-order valence-electron chi connectivity index (χ2n) is 3.20. The molecule has 2 heteroatoms. The van der Waals surface area contributed by atoms with E-state index in [1.165, 1.54) is 44.0 Å². The monoisotopic (exact) mass is 149 g/mol. The van der Waals surface area contributed by atoms with Gasteiger partial charge in [-0.15, -0.1) is 0 Å². The summed E-state index contributed by atoms with van der Waals surface area (Å²) in [5, 5.41) is 1.32. The van der Waals surface area contributed by atoms with Crippen LogP contribution in [-0.2, 0) is 0 Å². The Kier molecular flexibility index (Phi) is 9.09. The fraction of sp³-hybridized carbons (Fsp3) is 1.00. The van der Waals surface area contributed by atoms with Crippen LogP contribution in [0.3, 0.4) is 0 Å². The number of rotatable bonds is 7. The van der Waals surface area contributed by atoms with Crippen molar-refractivity contribution in [3.05, 3.63) is 0 Å². The Bertz CT molecular complexity index is 70.0. The fourth-order valence-corrected chi connectivity index (χ4v) is 1.35. The first-order chi connectivity index (χ1) is 5.35. The van der Waals surface area contributed by atoms with Gasteiger partial charge in [-0.05, 0) is 0 Å². The molecule has 0 bridgehead atoms. The molecule has 0 N–H and O–H groups in total. The zero-order valence-electron chi connectivity index (χ0n) is 8.40. The summed E-state index contributed by atoms with van der Waals surface area (Å²) in [6.07, 6.45) is 3.95. The van der Waals surface area contributed by atoms with Gasteiger partial charge < -0.3 is 0 Å². The van der Waals surface area contributed by atoms with Crippen LogP contribution in [-0.4, -0.2) is 42.2 Å². The summed E-state index contributed by atoms with van der Waals surface area (Å²) in [5.74, 6) is 0. The molecule has 11 heavy (non-hydrogen) atoms. The van der Waals surface area contributed by atoms with Gasteiger partial charge in [-0.1, -0.05) is 0 Å². The van der Waals surface area contributed by atoms with Gasteiger partial charge in [-0.3, -0.25) is 0 Å². The first-order valence-corrected chi connectivity index (χ1v) is 5.07. The molecule has 0 aliphatic carbocycles. The second-order valence-corrected chi connectivity index (χ2v) is 3.20. The maximum absolute atomic E-state index is 2.57. The Morgan fingerprint density at radius 2 is 1.55 bits per heavy atom. The Hall–Kier alpha value is 0.557. The summed E-state index contributed by atoms with van der Waals surface area (Å²) in [4.78, 5) is 2.57. The van der Waals surface area contributed by atoms with Crippen LogP contribution in [0.5, 0.6) is 0 Å². The molecule has 0 amide bonds. The topological polar surface area (TPSA) is 3.24 Å². The van der Waals surface area contributed by atoms with Crippen molar-refractivity contribution in [2.45, 2.75) is 38.2 Å². The van der Waals surface area contributed by atoms with Gasteiger partial charge in [0.1, 0.15) is 0 Å². The van der Waals surface area contributed by atoms with Crippen molar-refractivity contribution in [1.29, 1.82) is 0 Å². The minimum absolute atomic E-state index is 1.29. The molecule has 0 atom stereocenters. The van der Waals surface area contributed by atoms with Crippen molar-refractivity contribution >= 4 is 17.7 Å². The average molecular weight is 149 g/mol. The van der Waals surface area contributed by atoms with Crippen molar-refractivity contribution in [2.75, 3.05) is 19.6 Å². The van der Waals surface area contributed by atoms with Crippen LogP contribution < -0.4 is 0 Å². The maximum atomic E-state index is 2.57. The zero-order chi connectivity index (χ0) is 8.53. The van der Waals surface area contributed by atoms with Gasteiger partial charge >= 0.3 is 80.5 Å². The Labute approximate surface area is 80.7 Å². The minimum atomic E-state index is 1.29. The van der Waals surface area contributed by atoms with E-state index in [9.17, 15) is 0 Å². The Morgan fingerprint density at radius 1 is 1.00 bits per heavy atom. The third kappa shape index (κ3) is 6.94. The average Bonchev–Trinajstić information content (AvgIpc) is 2.01. The van der Waals surface area contributed by atoms with E-state index < -0.39 is 0 Å². The van der Waals surface area contributed by atoms with E-state index in [4.69, 9.17) is 0 Å². The molecule has 0 radical (unpaired) electrons. The summed E-state index contributed by atoms with van der Waals surface area (Å²) in [7, 11) is 0. The molecular weight excluding hydrogens is 129 g/mol. The van der Waals surface area contributed by atoms with Crippen LogP contribution >= 0.6 is 0 Å². The van der Waals surface area contributed by atoms with Gasteiger partial charge in [0.25, 0.3) is 0 Å². The van der Waals surface area contributed by atoms with Crippen LogP contribution in [0.15, 0.2) is 0 Å². The molecule has 1 nitrogen and oxygen atoms in total. The van der Waals surface area contributed by atoms with Crippen LogP contribution in [0.4, 0.5) is 0 Å². The molecule has 0 heterocycles. The van der Waals surface area contributed by atoms with Crippen molar-refractivity contribution < 1.29 is 0 Å². The van der Waals surface area contributed by atoms with Crippen molar-refractivity contribution in [3.63, 3.8) is 0 Å². The van der Waals surface area contributed by atoms with Gasteiger partial charge in [0.05, 0.1) is 0 Å². The summed E-state index contributed by atoms with van der Waals surface area (Å²) >= 11 is 2.26. The Morgan fingerprint density at radius 3 is 1.91 bits per heavy atom. The van der Waals surface area contributed by atoms with Crippen molar-refractivity contribution in [2.24, 2.45) is 0 Å². The van der Waals surface area contributed by atoms with Gasteiger partial charge in [-0.25, -0.2) is 0 Å². The fourth-order valence-electron chi connectivity index (χ4n) is 1.35. The zero-order valence-corrected chi connectivity index (χ0v) is 8.40. The van der Waals surface area contributed by atoms with E-state index >= 15 is 0 Å². The summed E-state index contributed by atoms with van der Waals surface area (Å²) in [6.45, 7) is 8.39. The van der Waals surface area contributed by atoms with Crippen LogP contribution in [0.2, 0.25) is 5.09 Å². The third-order valence-corrected chi connectivity index (χ3v) is 1.91. The molecule has 0 spiro atoms. The van der Waals surface area contributed by atoms with Gasteiger partial charge in [0, 0.05) is 0 Å². The SMILES string of the molecule is [Li][CH2]CCN(CCC)CCC. The molecule has 0 unspecified atom stereocenters. The molecule has 0 saturated carbocycles. The van der Waals surface area contributed by atoms with Gasteiger partial charge in [0.2, 0.25) is 0 Å². The van der Waals surface area contributed by atoms with E-state index in [1.54, 1.807) is 0 Å². The molecule has 0 saturated heterocycles. The van der Waals surface area contributed by atoms with Gasteiger partial charge in [-0.2, -0.15) is 0 Å². The van der Waals surface area contributed by atoms with Crippen LogP contribution in [0.1, 0.15) is 33.1 Å². The van der Waals surface area contributed by atoms with Gasteiger partial charge in [0.15, 0.2) is 0 Å². The second kappa shape index (κ2) is 8.65. The molecule has 0 aromatic heterocycles. The van der Waals surface area contributed by atoms with Crippen molar-refractivity contribution in [1.82, 2.24) is 4.90 Å². The molecule has 0 rings (SSSR count). The van der Waals surface area contributed by atoms with E-state index in [-0.39, 0.29) is 0 Å². The van der Waals surface area contributed by atoms with E-state index in [2.05, 4.69) is 36.5 Å². The summed E-state index contributed by atoms with van der Waals surface area (Å²) < 4.78 is 0. The number of hydrogen-bond acceptors (Lipinski definition) is 1. The standard InChI is InChI=1S/C9H20N.Li/c1-4-7-10(8-5-2)9-6-3;/h1,4-9H2,2-3H3;. The Balaban J connectivity index is 3.34. The number of hydrogen-bond donors (Lipinski definition) is 0. The van der Waals surface area contributed by atoms with E-state index in [0.717, 1.165) is 0 Å². The molecule has 0 aromatic carbocycles. The normalized spacial score (nSPS) is 11.0. The molecule has 0 fully saturated rings. The quantitative estimate of drug-likeness (QED) is 0.501. The first kappa shape index (κ1) is 11.6. The molecule has 62 valence electrons. The predicted molar refractivity (Wildman–Crippen MR) is 52.2 cm³/mol. The molecule has 0 aliphatic heterocycles. The summed E-state index contributed by atoms with van der Waals surface area (Å²) in [5.41, 5.74) is 0. The molecule has 0 aromatic rings. The predicted octanol–water partition coefficient (Wildman–Crippen LogP) is 2.09. The van der Waals surface area contributed by atoms with E-state index in [0.29, 0.717) is 0 Å². The van der Waals surface area contributed by atoms with Crippen molar-refractivity contribution in [3.8, 4) is 0 Å². The molecule has 0 aliphatic rings. The number of nitrogens with zero attached hydrogens (tertiary/aromatic N) is 1. The van der Waals surface area contributed by atoms with Crippen LogP contribution in [0, 0.1) is 0 Å².